The van der Waals surface area contributed by atoms with Crippen LogP contribution in [0.2, 0.25) is 0 Å². The molecule has 0 saturated carbocycles. The zero-order valence-corrected chi connectivity index (χ0v) is 12.4. The number of nitrogens with one attached hydrogen (secondary N) is 1. The monoisotopic (exact) mass is 299 g/mol. The molecule has 1 aliphatic rings. The Kier molecular flexibility index (Phi) is 3.94. The summed E-state index contributed by atoms with van der Waals surface area (Å²) in [5, 5.41) is 13.5. The first-order valence-corrected chi connectivity index (χ1v) is 7.47. The summed E-state index contributed by atoms with van der Waals surface area (Å²) in [6.45, 7) is 2.05. The first-order valence-electron chi connectivity index (χ1n) is 7.47. The minimum atomic E-state index is -0.890. The largest absolute Gasteiger partial charge is 0.384 e. The number of fused-ring (bicyclic) bond motifs is 1. The summed E-state index contributed by atoms with van der Waals surface area (Å²) >= 11 is 0. The van der Waals surface area contributed by atoms with Crippen LogP contribution in [-0.2, 0) is 17.6 Å². The van der Waals surface area contributed by atoms with E-state index < -0.39 is 6.10 Å². The van der Waals surface area contributed by atoms with E-state index in [1.807, 2.05) is 6.07 Å². The maximum absolute atomic E-state index is 13.1. The maximum atomic E-state index is 13.1. The van der Waals surface area contributed by atoms with Gasteiger partial charge in [-0.1, -0.05) is 31.2 Å². The SMILES string of the molecule is CCc1cc2c(c(C(O)c3ccc(F)cc3)c1)NC(=O)CC2. The molecule has 2 N–H and O–H groups in total. The summed E-state index contributed by atoms with van der Waals surface area (Å²) in [4.78, 5) is 11.7. The minimum Gasteiger partial charge on any atom is -0.384 e. The molecule has 1 heterocycles. The number of rotatable bonds is 3. The van der Waals surface area contributed by atoms with E-state index >= 15 is 0 Å². The van der Waals surface area contributed by atoms with E-state index in [0.29, 0.717) is 29.7 Å². The number of hydrogen-bond acceptors (Lipinski definition) is 2. The molecule has 2 aromatic carbocycles. The van der Waals surface area contributed by atoms with Crippen LogP contribution in [0.4, 0.5) is 10.1 Å². The van der Waals surface area contributed by atoms with Crippen LogP contribution in [0.5, 0.6) is 0 Å². The second-order valence-electron chi connectivity index (χ2n) is 5.57. The van der Waals surface area contributed by atoms with Gasteiger partial charge in [-0.2, -0.15) is 0 Å². The van der Waals surface area contributed by atoms with Crippen molar-refractivity contribution in [2.45, 2.75) is 32.3 Å². The lowest BCUT2D eigenvalue weighted by atomic mass is 9.90. The van der Waals surface area contributed by atoms with Crippen molar-refractivity contribution in [3.05, 3.63) is 64.5 Å². The number of aryl methyl sites for hydroxylation is 2. The number of aliphatic hydroxyl groups is 1. The molecule has 114 valence electrons. The average molecular weight is 299 g/mol. The van der Waals surface area contributed by atoms with E-state index in [1.165, 1.54) is 12.1 Å². The van der Waals surface area contributed by atoms with Crippen LogP contribution in [0.3, 0.4) is 0 Å². The Morgan fingerprint density at radius 3 is 2.64 bits per heavy atom. The summed E-state index contributed by atoms with van der Waals surface area (Å²) in [6.07, 6.45) is 1.11. The zero-order valence-electron chi connectivity index (χ0n) is 12.4. The molecule has 0 aliphatic carbocycles. The van der Waals surface area contributed by atoms with Crippen molar-refractivity contribution >= 4 is 11.6 Å². The second kappa shape index (κ2) is 5.89. The van der Waals surface area contributed by atoms with E-state index in [0.717, 1.165) is 17.5 Å². The standard InChI is InChI=1S/C18H18FNO2/c1-2-11-9-13-5-8-16(21)20-17(13)15(10-11)18(22)12-3-6-14(19)7-4-12/h3-4,6-7,9-10,18,22H,2,5,8H2,1H3,(H,20,21). The molecule has 1 unspecified atom stereocenters. The molecule has 1 aliphatic heterocycles. The smallest absolute Gasteiger partial charge is 0.224 e. The van der Waals surface area contributed by atoms with Crippen molar-refractivity contribution in [2.24, 2.45) is 0 Å². The van der Waals surface area contributed by atoms with E-state index in [1.54, 1.807) is 12.1 Å². The number of carbonyl (C=O) groups excluding carboxylic acids is 1. The summed E-state index contributed by atoms with van der Waals surface area (Å²) in [5.41, 5.74) is 4.15. The molecule has 0 radical (unpaired) electrons. The van der Waals surface area contributed by atoms with E-state index in [9.17, 15) is 14.3 Å². The molecule has 4 heteroatoms. The van der Waals surface area contributed by atoms with Crippen molar-refractivity contribution < 1.29 is 14.3 Å². The van der Waals surface area contributed by atoms with Crippen molar-refractivity contribution in [2.75, 3.05) is 5.32 Å². The number of amides is 1. The summed E-state index contributed by atoms with van der Waals surface area (Å²) in [5.74, 6) is -0.377. The molecule has 0 fully saturated rings. The molecule has 22 heavy (non-hydrogen) atoms. The van der Waals surface area contributed by atoms with E-state index in [-0.39, 0.29) is 11.7 Å². The third-order valence-electron chi connectivity index (χ3n) is 4.08. The normalized spacial score (nSPS) is 15.1. The van der Waals surface area contributed by atoms with Crippen LogP contribution in [-0.4, -0.2) is 11.0 Å². The van der Waals surface area contributed by atoms with Gasteiger partial charge in [0.1, 0.15) is 11.9 Å². The molecular weight excluding hydrogens is 281 g/mol. The van der Waals surface area contributed by atoms with Crippen LogP contribution in [0, 0.1) is 5.82 Å². The Balaban J connectivity index is 2.08. The Morgan fingerprint density at radius 2 is 1.95 bits per heavy atom. The van der Waals surface area contributed by atoms with Gasteiger partial charge in [0, 0.05) is 12.0 Å². The van der Waals surface area contributed by atoms with Gasteiger partial charge in [-0.05, 0) is 41.7 Å². The lowest BCUT2D eigenvalue weighted by Crippen LogP contribution is -2.21. The maximum Gasteiger partial charge on any atom is 0.224 e. The van der Waals surface area contributed by atoms with Gasteiger partial charge in [-0.25, -0.2) is 4.39 Å². The van der Waals surface area contributed by atoms with Gasteiger partial charge in [0.15, 0.2) is 0 Å². The van der Waals surface area contributed by atoms with Gasteiger partial charge in [0.25, 0.3) is 0 Å². The fraction of sp³-hybridized carbons (Fsp3) is 0.278. The molecule has 1 atom stereocenters. The molecule has 0 aromatic heterocycles. The van der Waals surface area contributed by atoms with Gasteiger partial charge in [0.05, 0.1) is 5.69 Å². The first kappa shape index (κ1) is 14.7. The third kappa shape index (κ3) is 2.74. The van der Waals surface area contributed by atoms with Gasteiger partial charge in [0.2, 0.25) is 5.91 Å². The van der Waals surface area contributed by atoms with Crippen LogP contribution in [0.15, 0.2) is 36.4 Å². The lowest BCUT2D eigenvalue weighted by molar-refractivity contribution is -0.116. The molecule has 0 bridgehead atoms. The van der Waals surface area contributed by atoms with Crippen molar-refractivity contribution in [1.82, 2.24) is 0 Å². The van der Waals surface area contributed by atoms with Gasteiger partial charge in [-0.3, -0.25) is 4.79 Å². The zero-order chi connectivity index (χ0) is 15.7. The number of anilines is 1. The number of aliphatic hydroxyl groups excluding tert-OH is 1. The molecule has 0 spiro atoms. The van der Waals surface area contributed by atoms with Crippen LogP contribution in [0.25, 0.3) is 0 Å². The Labute approximate surface area is 128 Å². The Bertz CT molecular complexity index is 710. The van der Waals surface area contributed by atoms with Crippen molar-refractivity contribution in [3.63, 3.8) is 0 Å². The highest BCUT2D eigenvalue weighted by molar-refractivity contribution is 5.95. The minimum absolute atomic E-state index is 0.0377. The van der Waals surface area contributed by atoms with Crippen LogP contribution < -0.4 is 5.32 Å². The fourth-order valence-electron chi connectivity index (χ4n) is 2.84. The van der Waals surface area contributed by atoms with E-state index in [4.69, 9.17) is 0 Å². The molecule has 1 amide bonds. The van der Waals surface area contributed by atoms with Crippen LogP contribution >= 0.6 is 0 Å². The summed E-state index contributed by atoms with van der Waals surface area (Å²) < 4.78 is 13.1. The number of hydrogen-bond donors (Lipinski definition) is 2. The molecular formula is C18H18FNO2. The quantitative estimate of drug-likeness (QED) is 0.913. The molecule has 3 nitrogen and oxygen atoms in total. The average Bonchev–Trinajstić information content (AvgIpc) is 2.54. The highest BCUT2D eigenvalue weighted by atomic mass is 19.1. The summed E-state index contributed by atoms with van der Waals surface area (Å²) in [7, 11) is 0. The highest BCUT2D eigenvalue weighted by Crippen LogP contribution is 2.35. The Hall–Kier alpha value is -2.20. The van der Waals surface area contributed by atoms with E-state index in [2.05, 4.69) is 18.3 Å². The molecule has 3 rings (SSSR count). The van der Waals surface area contributed by atoms with Gasteiger partial charge >= 0.3 is 0 Å². The Morgan fingerprint density at radius 1 is 1.23 bits per heavy atom. The second-order valence-corrected chi connectivity index (χ2v) is 5.57. The number of halogens is 1. The lowest BCUT2D eigenvalue weighted by Gasteiger charge is -2.24. The number of carbonyl (C=O) groups is 1. The molecule has 0 saturated heterocycles. The third-order valence-corrected chi connectivity index (χ3v) is 4.08. The van der Waals surface area contributed by atoms with Gasteiger partial charge < -0.3 is 10.4 Å². The van der Waals surface area contributed by atoms with Crippen LogP contribution in [0.1, 0.15) is 41.7 Å². The van der Waals surface area contributed by atoms with Crippen molar-refractivity contribution in [3.8, 4) is 0 Å². The van der Waals surface area contributed by atoms with Gasteiger partial charge in [-0.15, -0.1) is 0 Å². The number of benzene rings is 2. The topological polar surface area (TPSA) is 49.3 Å². The predicted octanol–water partition coefficient (Wildman–Crippen LogP) is 3.35. The first-order chi connectivity index (χ1) is 10.6. The fourth-order valence-corrected chi connectivity index (χ4v) is 2.84. The summed E-state index contributed by atoms with van der Waals surface area (Å²) in [6, 6.07) is 9.78. The van der Waals surface area contributed by atoms with Crippen molar-refractivity contribution in [1.29, 1.82) is 0 Å². The molecule has 2 aromatic rings. The predicted molar refractivity (Wildman–Crippen MR) is 83.2 cm³/mol. The highest BCUT2D eigenvalue weighted by Gasteiger charge is 2.23.